The maximum Gasteiger partial charge on any atom is 0.0824 e. The number of aliphatic hydroxyl groups is 2. The molecule has 2 nitrogen and oxygen atoms in total. The van der Waals surface area contributed by atoms with E-state index in [0.717, 1.165) is 11.1 Å². The van der Waals surface area contributed by atoms with Crippen LogP contribution in [-0.4, -0.2) is 10.2 Å². The average Bonchev–Trinajstić information content (AvgIpc) is 2.30. The van der Waals surface area contributed by atoms with E-state index in [0.29, 0.717) is 12.8 Å². The van der Waals surface area contributed by atoms with Crippen LogP contribution in [-0.2, 0) is 0 Å². The van der Waals surface area contributed by atoms with Gasteiger partial charge in [-0.05, 0) is 24.0 Å². The maximum atomic E-state index is 9.70. The standard InChI is InChI=1S/C14H18O2/c1-3-5-13(15)11-7-9-12(10-8-11)14(16)6-4-2/h3-4,7-10,13-16H,1-2,5-6H2. The summed E-state index contributed by atoms with van der Waals surface area (Å²) in [5.41, 5.74) is 1.68. The number of hydrogen-bond donors (Lipinski definition) is 2. The van der Waals surface area contributed by atoms with E-state index in [1.807, 2.05) is 24.3 Å². The molecule has 0 fully saturated rings. The van der Waals surface area contributed by atoms with Gasteiger partial charge in [0.15, 0.2) is 0 Å². The Hall–Kier alpha value is -1.38. The monoisotopic (exact) mass is 218 g/mol. The van der Waals surface area contributed by atoms with Crippen molar-refractivity contribution in [3.63, 3.8) is 0 Å². The molecule has 2 unspecified atom stereocenters. The Bertz CT molecular complexity index is 305. The van der Waals surface area contributed by atoms with Gasteiger partial charge in [-0.25, -0.2) is 0 Å². The van der Waals surface area contributed by atoms with E-state index in [-0.39, 0.29) is 0 Å². The summed E-state index contributed by atoms with van der Waals surface area (Å²) in [6, 6.07) is 7.32. The van der Waals surface area contributed by atoms with Crippen molar-refractivity contribution in [2.24, 2.45) is 0 Å². The molecule has 2 atom stereocenters. The zero-order valence-electron chi connectivity index (χ0n) is 9.34. The third kappa shape index (κ3) is 3.33. The second-order valence-electron chi connectivity index (χ2n) is 3.75. The SMILES string of the molecule is C=CCC(O)c1ccc(C(O)CC=C)cc1. The molecule has 0 amide bonds. The third-order valence-electron chi connectivity index (χ3n) is 2.49. The van der Waals surface area contributed by atoms with Gasteiger partial charge in [0, 0.05) is 0 Å². The first kappa shape index (κ1) is 12.7. The molecule has 1 aromatic rings. The summed E-state index contributed by atoms with van der Waals surface area (Å²) in [7, 11) is 0. The molecule has 2 heteroatoms. The molecule has 2 N–H and O–H groups in total. The predicted molar refractivity (Wildman–Crippen MR) is 66.0 cm³/mol. The molecular weight excluding hydrogens is 200 g/mol. The average molecular weight is 218 g/mol. The highest BCUT2D eigenvalue weighted by Crippen LogP contribution is 2.21. The Morgan fingerprint density at radius 2 is 1.19 bits per heavy atom. The summed E-state index contributed by atoms with van der Waals surface area (Å²) in [6.07, 6.45) is 3.42. The normalized spacial score (nSPS) is 14.1. The van der Waals surface area contributed by atoms with Gasteiger partial charge in [-0.2, -0.15) is 0 Å². The smallest absolute Gasteiger partial charge is 0.0824 e. The fourth-order valence-corrected chi connectivity index (χ4v) is 1.53. The molecule has 0 saturated heterocycles. The van der Waals surface area contributed by atoms with E-state index < -0.39 is 12.2 Å². The second kappa shape index (κ2) is 6.26. The van der Waals surface area contributed by atoms with E-state index >= 15 is 0 Å². The maximum absolute atomic E-state index is 9.70. The van der Waals surface area contributed by atoms with Crippen LogP contribution in [0.5, 0.6) is 0 Å². The lowest BCUT2D eigenvalue weighted by molar-refractivity contribution is 0.177. The molecule has 0 aliphatic heterocycles. The summed E-state index contributed by atoms with van der Waals surface area (Å²) < 4.78 is 0. The summed E-state index contributed by atoms with van der Waals surface area (Å²) in [5, 5.41) is 19.4. The van der Waals surface area contributed by atoms with Crippen molar-refractivity contribution >= 4 is 0 Å². The van der Waals surface area contributed by atoms with Crippen LogP contribution >= 0.6 is 0 Å². The third-order valence-corrected chi connectivity index (χ3v) is 2.49. The van der Waals surface area contributed by atoms with Crippen molar-refractivity contribution in [3.05, 3.63) is 60.7 Å². The molecule has 0 heterocycles. The summed E-state index contributed by atoms with van der Waals surface area (Å²) in [4.78, 5) is 0. The van der Waals surface area contributed by atoms with E-state index in [2.05, 4.69) is 13.2 Å². The Kier molecular flexibility index (Phi) is 4.96. The minimum absolute atomic E-state index is 0.511. The Morgan fingerprint density at radius 3 is 1.44 bits per heavy atom. The highest BCUT2D eigenvalue weighted by molar-refractivity contribution is 5.26. The van der Waals surface area contributed by atoms with Crippen LogP contribution in [0.1, 0.15) is 36.2 Å². The fraction of sp³-hybridized carbons (Fsp3) is 0.286. The van der Waals surface area contributed by atoms with Gasteiger partial charge in [0.05, 0.1) is 12.2 Å². The highest BCUT2D eigenvalue weighted by Gasteiger charge is 2.08. The van der Waals surface area contributed by atoms with Crippen molar-refractivity contribution in [2.75, 3.05) is 0 Å². The lowest BCUT2D eigenvalue weighted by Gasteiger charge is -2.12. The first-order valence-electron chi connectivity index (χ1n) is 5.36. The molecule has 1 aromatic carbocycles. The first-order chi connectivity index (χ1) is 7.69. The number of benzene rings is 1. The van der Waals surface area contributed by atoms with Crippen molar-refractivity contribution in [1.82, 2.24) is 0 Å². The van der Waals surface area contributed by atoms with Gasteiger partial charge >= 0.3 is 0 Å². The highest BCUT2D eigenvalue weighted by atomic mass is 16.3. The molecule has 0 aliphatic carbocycles. The summed E-state index contributed by atoms with van der Waals surface area (Å²) >= 11 is 0. The summed E-state index contributed by atoms with van der Waals surface area (Å²) in [6.45, 7) is 7.17. The van der Waals surface area contributed by atoms with Crippen LogP contribution in [0.2, 0.25) is 0 Å². The van der Waals surface area contributed by atoms with Crippen molar-refractivity contribution in [2.45, 2.75) is 25.0 Å². The molecular formula is C14H18O2. The quantitative estimate of drug-likeness (QED) is 0.721. The van der Waals surface area contributed by atoms with Gasteiger partial charge in [0.2, 0.25) is 0 Å². The number of aliphatic hydroxyl groups excluding tert-OH is 2. The van der Waals surface area contributed by atoms with Crippen LogP contribution in [0.3, 0.4) is 0 Å². The van der Waals surface area contributed by atoms with E-state index in [1.165, 1.54) is 0 Å². The first-order valence-corrected chi connectivity index (χ1v) is 5.36. The molecule has 0 saturated carbocycles. The molecule has 1 rings (SSSR count). The Balaban J connectivity index is 2.74. The van der Waals surface area contributed by atoms with Gasteiger partial charge in [-0.1, -0.05) is 36.4 Å². The van der Waals surface area contributed by atoms with E-state index in [9.17, 15) is 10.2 Å². The molecule has 86 valence electrons. The Labute approximate surface area is 96.6 Å². The molecule has 0 bridgehead atoms. The molecule has 0 aromatic heterocycles. The van der Waals surface area contributed by atoms with Gasteiger partial charge < -0.3 is 10.2 Å². The molecule has 0 aliphatic rings. The molecule has 16 heavy (non-hydrogen) atoms. The van der Waals surface area contributed by atoms with Crippen molar-refractivity contribution in [3.8, 4) is 0 Å². The fourth-order valence-electron chi connectivity index (χ4n) is 1.53. The van der Waals surface area contributed by atoms with Gasteiger partial charge in [0.1, 0.15) is 0 Å². The van der Waals surface area contributed by atoms with Crippen molar-refractivity contribution in [1.29, 1.82) is 0 Å². The van der Waals surface area contributed by atoms with E-state index in [1.54, 1.807) is 12.2 Å². The summed E-state index contributed by atoms with van der Waals surface area (Å²) in [5.74, 6) is 0. The van der Waals surface area contributed by atoms with Crippen LogP contribution in [0.4, 0.5) is 0 Å². The van der Waals surface area contributed by atoms with Crippen molar-refractivity contribution < 1.29 is 10.2 Å². The minimum atomic E-state index is -0.511. The topological polar surface area (TPSA) is 40.5 Å². The number of hydrogen-bond acceptors (Lipinski definition) is 2. The van der Waals surface area contributed by atoms with Gasteiger partial charge in [-0.3, -0.25) is 0 Å². The van der Waals surface area contributed by atoms with Crippen LogP contribution in [0, 0.1) is 0 Å². The minimum Gasteiger partial charge on any atom is -0.388 e. The van der Waals surface area contributed by atoms with Gasteiger partial charge in [-0.15, -0.1) is 13.2 Å². The Morgan fingerprint density at radius 1 is 0.875 bits per heavy atom. The van der Waals surface area contributed by atoms with Gasteiger partial charge in [0.25, 0.3) is 0 Å². The lowest BCUT2D eigenvalue weighted by atomic mass is 10.0. The van der Waals surface area contributed by atoms with Crippen LogP contribution in [0.25, 0.3) is 0 Å². The zero-order valence-corrected chi connectivity index (χ0v) is 9.34. The van der Waals surface area contributed by atoms with Crippen LogP contribution in [0.15, 0.2) is 49.6 Å². The molecule has 0 spiro atoms. The van der Waals surface area contributed by atoms with Crippen LogP contribution < -0.4 is 0 Å². The zero-order chi connectivity index (χ0) is 12.0. The molecule has 0 radical (unpaired) electrons. The largest absolute Gasteiger partial charge is 0.388 e. The predicted octanol–water partition coefficient (Wildman–Crippen LogP) is 2.91. The van der Waals surface area contributed by atoms with E-state index in [4.69, 9.17) is 0 Å². The lowest BCUT2D eigenvalue weighted by Crippen LogP contribution is -1.99. The second-order valence-corrected chi connectivity index (χ2v) is 3.75. The number of rotatable bonds is 6.